The Morgan fingerprint density at radius 1 is 0.955 bits per heavy atom. The number of aliphatic hydroxyl groups is 2. The maximum absolute atomic E-state index is 14.4. The zero-order valence-corrected chi connectivity index (χ0v) is 26.3. The monoisotopic (exact) mass is 614 g/mol. The quantitative estimate of drug-likeness (QED) is 0.238. The Morgan fingerprint density at radius 3 is 2.43 bits per heavy atom. The van der Waals surface area contributed by atoms with Crippen LogP contribution in [0.5, 0.6) is 0 Å². The van der Waals surface area contributed by atoms with Crippen LogP contribution in [-0.4, -0.2) is 70.7 Å². The fourth-order valence-electron chi connectivity index (χ4n) is 11.0. The smallest absolute Gasteiger partial charge is 0.339 e. The maximum atomic E-state index is 14.4. The minimum Gasteiger partial charge on any atom is -0.469 e. The molecule has 2 saturated carbocycles. The molecular formula is C34H46O10. The van der Waals surface area contributed by atoms with Crippen molar-refractivity contribution in [2.75, 3.05) is 13.2 Å². The number of esters is 2. The van der Waals surface area contributed by atoms with E-state index in [-0.39, 0.29) is 37.3 Å². The first kappa shape index (κ1) is 30.4. The van der Waals surface area contributed by atoms with Gasteiger partial charge < -0.3 is 33.6 Å². The summed E-state index contributed by atoms with van der Waals surface area (Å²) in [5.74, 6) is -1.35. The molecule has 10 heteroatoms. The zero-order chi connectivity index (χ0) is 31.3. The molecule has 0 unspecified atom stereocenters. The number of Topliss-reactive ketones (excluding diaryl/α,β-unsaturated/α-hetero) is 1. The predicted molar refractivity (Wildman–Crippen MR) is 154 cm³/mol. The van der Waals surface area contributed by atoms with Gasteiger partial charge in [-0.25, -0.2) is 4.79 Å². The van der Waals surface area contributed by atoms with Gasteiger partial charge in [-0.2, -0.15) is 0 Å². The molecule has 242 valence electrons. The summed E-state index contributed by atoms with van der Waals surface area (Å²) in [4.78, 5) is 40.5. The molecule has 10 atom stereocenters. The molecule has 1 aromatic heterocycles. The molecule has 44 heavy (non-hydrogen) atoms. The summed E-state index contributed by atoms with van der Waals surface area (Å²) in [5, 5.41) is 21.1. The number of furan rings is 1. The fourth-order valence-corrected chi connectivity index (χ4v) is 11.0. The molecule has 5 heterocycles. The summed E-state index contributed by atoms with van der Waals surface area (Å²) in [6.45, 7) is 7.97. The molecule has 6 fully saturated rings. The molecule has 0 amide bonds. The standard InChI is InChI=1S/C34H46O10/c1-30(2)25-24(37)26(38)32(4)21(33(25)18-41-23(36)17-22(33)43-30)12-14-31(3)27(42-29(39)28-34(31,32)44-28)19-13-16-40-20(19)11-9-7-5-6-8-10-15-35/h13,16,21-22,25-28,35,38H,5-12,14-15,17-18H2,1-4H3/t21-,22-,25+,26+,27-,28+,31-,32-,33-,34+/m0/s1. The summed E-state index contributed by atoms with van der Waals surface area (Å²) in [6.07, 6.45) is 6.11. The molecule has 1 aromatic rings. The van der Waals surface area contributed by atoms with Crippen LogP contribution in [0.4, 0.5) is 0 Å². The van der Waals surface area contributed by atoms with E-state index in [1.165, 1.54) is 0 Å². The minimum absolute atomic E-state index is 0.0422. The number of rotatable bonds is 9. The van der Waals surface area contributed by atoms with Crippen LogP contribution in [0.25, 0.3) is 0 Å². The lowest BCUT2D eigenvalue weighted by Crippen LogP contribution is -2.76. The highest BCUT2D eigenvalue weighted by atomic mass is 16.7. The molecule has 2 aliphatic carbocycles. The molecule has 6 aliphatic rings. The van der Waals surface area contributed by atoms with E-state index < -0.39 is 63.8 Å². The first-order valence-electron chi connectivity index (χ1n) is 16.5. The van der Waals surface area contributed by atoms with E-state index in [1.807, 2.05) is 26.8 Å². The lowest BCUT2D eigenvalue weighted by atomic mass is 9.36. The zero-order valence-electron chi connectivity index (χ0n) is 26.3. The van der Waals surface area contributed by atoms with Crippen LogP contribution in [0.3, 0.4) is 0 Å². The fraction of sp³-hybridized carbons (Fsp3) is 0.794. The number of epoxide rings is 1. The van der Waals surface area contributed by atoms with Crippen LogP contribution >= 0.6 is 0 Å². The summed E-state index contributed by atoms with van der Waals surface area (Å²) in [6, 6.07) is 1.88. The van der Waals surface area contributed by atoms with Crippen molar-refractivity contribution in [3.63, 3.8) is 0 Å². The number of ketones is 1. The third-order valence-corrected chi connectivity index (χ3v) is 12.7. The minimum atomic E-state index is -1.40. The van der Waals surface area contributed by atoms with Gasteiger partial charge in [-0.15, -0.1) is 0 Å². The number of ether oxygens (including phenoxy) is 4. The highest BCUT2D eigenvalue weighted by Gasteiger charge is 2.90. The van der Waals surface area contributed by atoms with Gasteiger partial charge in [-0.1, -0.05) is 39.5 Å². The number of unbranched alkanes of at least 4 members (excludes halogenated alkanes) is 5. The number of fused-ring (bicyclic) bond motifs is 1. The Morgan fingerprint density at radius 2 is 1.68 bits per heavy atom. The number of aliphatic hydroxyl groups excluding tert-OH is 2. The van der Waals surface area contributed by atoms with E-state index in [1.54, 1.807) is 6.26 Å². The van der Waals surface area contributed by atoms with Crippen LogP contribution in [0.15, 0.2) is 16.7 Å². The van der Waals surface area contributed by atoms with Crippen molar-refractivity contribution >= 4 is 17.7 Å². The number of hydrogen-bond donors (Lipinski definition) is 2. The Hall–Kier alpha value is -2.27. The van der Waals surface area contributed by atoms with Crippen LogP contribution in [0.1, 0.15) is 103 Å². The van der Waals surface area contributed by atoms with Crippen molar-refractivity contribution in [3.05, 3.63) is 23.7 Å². The largest absolute Gasteiger partial charge is 0.469 e. The van der Waals surface area contributed by atoms with Gasteiger partial charge in [-0.3, -0.25) is 9.59 Å². The molecule has 4 aliphatic heterocycles. The Kier molecular flexibility index (Phi) is 6.98. The van der Waals surface area contributed by atoms with Gasteiger partial charge in [0.1, 0.15) is 30.2 Å². The Balaban J connectivity index is 1.24. The van der Waals surface area contributed by atoms with Crippen LogP contribution in [0.2, 0.25) is 0 Å². The second-order valence-electron chi connectivity index (χ2n) is 15.2. The van der Waals surface area contributed by atoms with Crippen LogP contribution in [-0.2, 0) is 39.8 Å². The van der Waals surface area contributed by atoms with E-state index in [0.29, 0.717) is 19.3 Å². The van der Waals surface area contributed by atoms with E-state index >= 15 is 0 Å². The van der Waals surface area contributed by atoms with Gasteiger partial charge in [-0.05, 0) is 51.5 Å². The first-order chi connectivity index (χ1) is 20.9. The topological polar surface area (TPSA) is 145 Å². The van der Waals surface area contributed by atoms with Gasteiger partial charge in [0.15, 0.2) is 11.9 Å². The summed E-state index contributed by atoms with van der Waals surface area (Å²) in [7, 11) is 0. The number of aryl methyl sites for hydroxylation is 1. The lowest BCUT2D eigenvalue weighted by molar-refractivity contribution is -0.252. The van der Waals surface area contributed by atoms with Crippen molar-refractivity contribution in [1.82, 2.24) is 0 Å². The number of carbonyl (C=O) groups is 3. The molecule has 2 N–H and O–H groups in total. The van der Waals surface area contributed by atoms with Gasteiger partial charge in [0, 0.05) is 34.8 Å². The third-order valence-electron chi connectivity index (χ3n) is 12.7. The average molecular weight is 615 g/mol. The van der Waals surface area contributed by atoms with E-state index in [0.717, 1.165) is 49.8 Å². The molecule has 4 saturated heterocycles. The molecule has 2 spiro atoms. The molecule has 0 radical (unpaired) electrons. The van der Waals surface area contributed by atoms with Crippen molar-refractivity contribution < 1.29 is 48.0 Å². The van der Waals surface area contributed by atoms with Crippen molar-refractivity contribution in [3.8, 4) is 0 Å². The molecule has 0 bridgehead atoms. The average Bonchev–Trinajstić information content (AvgIpc) is 3.52. The van der Waals surface area contributed by atoms with Crippen LogP contribution < -0.4 is 0 Å². The summed E-state index contributed by atoms with van der Waals surface area (Å²) >= 11 is 0. The van der Waals surface area contributed by atoms with Gasteiger partial charge in [0.25, 0.3) is 0 Å². The van der Waals surface area contributed by atoms with Gasteiger partial charge in [0.2, 0.25) is 0 Å². The molecule has 0 aromatic carbocycles. The van der Waals surface area contributed by atoms with E-state index in [4.69, 9.17) is 28.5 Å². The second-order valence-corrected chi connectivity index (χ2v) is 15.2. The Bertz CT molecular complexity index is 1350. The van der Waals surface area contributed by atoms with E-state index in [2.05, 4.69) is 6.92 Å². The molecular weight excluding hydrogens is 568 g/mol. The van der Waals surface area contributed by atoms with Crippen molar-refractivity contribution in [1.29, 1.82) is 0 Å². The second kappa shape index (κ2) is 10.1. The van der Waals surface area contributed by atoms with Crippen LogP contribution in [0, 0.1) is 28.1 Å². The van der Waals surface area contributed by atoms with E-state index in [9.17, 15) is 19.5 Å². The number of hydrogen-bond acceptors (Lipinski definition) is 10. The first-order valence-corrected chi connectivity index (χ1v) is 16.5. The van der Waals surface area contributed by atoms with Gasteiger partial charge in [0.05, 0.1) is 30.3 Å². The van der Waals surface area contributed by atoms with Crippen molar-refractivity contribution in [2.24, 2.45) is 28.1 Å². The predicted octanol–water partition coefficient (Wildman–Crippen LogP) is 3.98. The van der Waals surface area contributed by atoms with Crippen molar-refractivity contribution in [2.45, 2.75) is 128 Å². The normalized spacial score (nSPS) is 44.9. The van der Waals surface area contributed by atoms with Gasteiger partial charge >= 0.3 is 11.9 Å². The summed E-state index contributed by atoms with van der Waals surface area (Å²) in [5.41, 5.74) is -3.96. The highest BCUT2D eigenvalue weighted by Crippen LogP contribution is 2.80. The maximum Gasteiger partial charge on any atom is 0.339 e. The Labute approximate surface area is 258 Å². The number of carbonyl (C=O) groups excluding carboxylic acids is 3. The SMILES string of the molecule is CC1(C)O[C@H]2CC(=O)OC[C@@]23[C@@H]1C(=O)[C@@H](O)[C@]1(C)[C@@H]3CC[C@@]2(C)[C@H](c3ccoc3CCCCCCCCO)OC(=O)[C@H]3O[C@@]312. The third kappa shape index (κ3) is 3.71. The molecule has 7 rings (SSSR count). The lowest BCUT2D eigenvalue weighted by Gasteiger charge is -2.66. The highest BCUT2D eigenvalue weighted by molar-refractivity contribution is 5.92. The summed E-state index contributed by atoms with van der Waals surface area (Å²) < 4.78 is 30.8. The number of cyclic esters (lactones) is 2. The molecule has 10 nitrogen and oxygen atoms in total.